The van der Waals surface area contributed by atoms with Gasteiger partial charge in [-0.25, -0.2) is 9.97 Å². The fourth-order valence-electron chi connectivity index (χ4n) is 0.819. The Morgan fingerprint density at radius 2 is 1.43 bits per heavy atom. The molecule has 0 aromatic carbocycles. The minimum atomic E-state index is -1.10. The first-order chi connectivity index (χ1) is 10.7. The highest BCUT2D eigenvalue weighted by atomic mass is 127. The molecule has 0 atom stereocenters. The summed E-state index contributed by atoms with van der Waals surface area (Å²) in [7, 11) is -1.10. The van der Waals surface area contributed by atoms with Crippen LogP contribution < -0.4 is 0 Å². The van der Waals surface area contributed by atoms with Crippen molar-refractivity contribution in [2.75, 3.05) is 0 Å². The van der Waals surface area contributed by atoms with E-state index in [9.17, 15) is 0 Å². The van der Waals surface area contributed by atoms with Crippen molar-refractivity contribution in [3.8, 4) is 24.3 Å². The van der Waals surface area contributed by atoms with E-state index in [1.54, 1.807) is 30.6 Å². The first-order valence-electron chi connectivity index (χ1n) is 6.51. The van der Waals surface area contributed by atoms with E-state index in [2.05, 4.69) is 63.7 Å². The van der Waals surface area contributed by atoms with Crippen LogP contribution in [0.2, 0.25) is 29.9 Å². The number of nitrogens with zero attached hydrogens (tertiary/aromatic N) is 2. The summed E-state index contributed by atoms with van der Waals surface area (Å²) in [4.78, 5) is 7.61. The van der Waals surface area contributed by atoms with Crippen LogP contribution in [0.1, 0.15) is 5.56 Å². The second-order valence-corrected chi connectivity index (χ2v) is 12.0. The van der Waals surface area contributed by atoms with E-state index in [0.717, 1.165) is 9.13 Å². The van der Waals surface area contributed by atoms with Gasteiger partial charge in [-0.15, -0.1) is 18.4 Å². The summed E-state index contributed by atoms with van der Waals surface area (Å²) in [6.45, 7) is 6.44. The van der Waals surface area contributed by atoms with Crippen LogP contribution in [-0.4, -0.2) is 18.0 Å². The molecule has 0 saturated carbocycles. The fraction of sp³-hybridized carbons (Fsp3) is 0.176. The highest BCUT2D eigenvalue weighted by molar-refractivity contribution is 14.1. The molecule has 0 N–H and O–H groups in total. The van der Waals surface area contributed by atoms with Crippen LogP contribution in [0.4, 0.5) is 0 Å². The van der Waals surface area contributed by atoms with E-state index in [1.165, 1.54) is 0 Å². The summed E-state index contributed by atoms with van der Waals surface area (Å²) in [5, 5.41) is 1.01. The predicted octanol–water partition coefficient (Wildman–Crippen LogP) is 5.55. The van der Waals surface area contributed by atoms with Crippen molar-refractivity contribution in [2.24, 2.45) is 0 Å². The second kappa shape index (κ2) is 11.5. The smallest absolute Gasteiger partial charge is 0.129 e. The van der Waals surface area contributed by atoms with Crippen LogP contribution in [0, 0.1) is 27.9 Å². The van der Waals surface area contributed by atoms with Gasteiger partial charge in [-0.3, -0.25) is 0 Å². The molecule has 0 unspecified atom stereocenters. The lowest BCUT2D eigenvalue weighted by atomic mass is 10.3. The molecule has 0 bridgehead atoms. The maximum Gasteiger partial charge on any atom is 0.129 e. The fourth-order valence-corrected chi connectivity index (χ4v) is 1.36. The van der Waals surface area contributed by atoms with Gasteiger partial charge in [0, 0.05) is 21.5 Å². The summed E-state index contributed by atoms with van der Waals surface area (Å²) in [6, 6.07) is 7.09. The number of rotatable bonds is 0. The molecule has 0 spiro atoms. The molecule has 2 aromatic rings. The molecule has 120 valence electrons. The molecule has 0 amide bonds. The number of hydrogen-bond donors (Lipinski definition) is 0. The molecule has 2 heterocycles. The number of pyridine rings is 2. The first-order valence-corrected chi connectivity index (χ1v) is 11.8. The largest absolute Gasteiger partial charge is 0.243 e. The van der Waals surface area contributed by atoms with E-state index in [0.29, 0.717) is 10.3 Å². The standard InChI is InChI=1S/C7H4ClN.C5H3ClIN.C5H10Si/c1-2-6-3-4-7(8)9-5-6;6-5-2-1-4(7)3-8-5;1-5-6(2,3)4/h1,3-5H;1-3H;1H,2-4H3. The molecule has 0 aliphatic heterocycles. The monoisotopic (exact) mass is 474 g/mol. The molecule has 2 nitrogen and oxygen atoms in total. The molecular formula is C17H17Cl2IN2Si. The Bertz CT molecular complexity index is 645. The van der Waals surface area contributed by atoms with E-state index in [4.69, 9.17) is 36.0 Å². The summed E-state index contributed by atoms with van der Waals surface area (Å²) < 4.78 is 1.10. The lowest BCUT2D eigenvalue weighted by molar-refractivity contribution is 1.31. The van der Waals surface area contributed by atoms with Gasteiger partial charge in [0.15, 0.2) is 0 Å². The van der Waals surface area contributed by atoms with Crippen LogP contribution in [-0.2, 0) is 0 Å². The lowest BCUT2D eigenvalue weighted by Gasteiger charge is -2.00. The Morgan fingerprint density at radius 3 is 1.70 bits per heavy atom. The summed E-state index contributed by atoms with van der Waals surface area (Å²) in [5.74, 6) is 2.43. The van der Waals surface area contributed by atoms with Crippen molar-refractivity contribution >= 4 is 53.9 Å². The van der Waals surface area contributed by atoms with Gasteiger partial charge in [0.25, 0.3) is 0 Å². The van der Waals surface area contributed by atoms with Gasteiger partial charge < -0.3 is 0 Å². The minimum absolute atomic E-state index is 0.467. The van der Waals surface area contributed by atoms with Gasteiger partial charge in [0.1, 0.15) is 18.4 Å². The Kier molecular flexibility index (Phi) is 11.0. The quantitative estimate of drug-likeness (QED) is 0.216. The summed E-state index contributed by atoms with van der Waals surface area (Å²) in [6.07, 6.45) is 13.5. The maximum atomic E-state index is 5.50. The molecule has 0 fully saturated rings. The van der Waals surface area contributed by atoms with Crippen LogP contribution in [0.5, 0.6) is 0 Å². The van der Waals surface area contributed by atoms with E-state index >= 15 is 0 Å². The van der Waals surface area contributed by atoms with Gasteiger partial charge in [-0.2, -0.15) is 0 Å². The number of terminal acetylenes is 2. The Balaban J connectivity index is 0.000000323. The highest BCUT2D eigenvalue weighted by Gasteiger charge is 2.05. The third-order valence-electron chi connectivity index (χ3n) is 2.02. The average molecular weight is 475 g/mol. The first kappa shape index (κ1) is 21.9. The summed E-state index contributed by atoms with van der Waals surface area (Å²) in [5.41, 5.74) is 3.49. The molecule has 0 radical (unpaired) electrons. The van der Waals surface area contributed by atoms with Crippen molar-refractivity contribution in [3.63, 3.8) is 0 Å². The van der Waals surface area contributed by atoms with Gasteiger partial charge in [0.2, 0.25) is 0 Å². The SMILES string of the molecule is C#C[Si](C)(C)C.C#Cc1ccc(Cl)nc1.Clc1ccc(I)cn1. The Labute approximate surface area is 163 Å². The van der Waals surface area contributed by atoms with E-state index in [-0.39, 0.29) is 0 Å². The Morgan fingerprint density at radius 1 is 0.957 bits per heavy atom. The second-order valence-electron chi connectivity index (χ2n) is 5.21. The van der Waals surface area contributed by atoms with Crippen molar-refractivity contribution in [3.05, 3.63) is 56.1 Å². The molecular weight excluding hydrogens is 458 g/mol. The van der Waals surface area contributed by atoms with Crippen molar-refractivity contribution in [2.45, 2.75) is 19.6 Å². The lowest BCUT2D eigenvalue weighted by Crippen LogP contribution is -2.15. The normalized spacial score (nSPS) is 9.22. The topological polar surface area (TPSA) is 25.8 Å². The maximum absolute atomic E-state index is 5.50. The third-order valence-corrected chi connectivity index (χ3v) is 3.97. The molecule has 0 saturated heterocycles. The highest BCUT2D eigenvalue weighted by Crippen LogP contribution is 2.06. The van der Waals surface area contributed by atoms with Gasteiger partial charge in [-0.1, -0.05) is 48.8 Å². The zero-order valence-electron chi connectivity index (χ0n) is 13.1. The van der Waals surface area contributed by atoms with Gasteiger partial charge in [0.05, 0.1) is 0 Å². The Hall–Kier alpha value is -1.05. The molecule has 2 aromatic heterocycles. The number of hydrogen-bond acceptors (Lipinski definition) is 2. The molecule has 23 heavy (non-hydrogen) atoms. The zero-order valence-corrected chi connectivity index (χ0v) is 17.8. The van der Waals surface area contributed by atoms with Crippen molar-refractivity contribution in [1.82, 2.24) is 9.97 Å². The average Bonchev–Trinajstić information content (AvgIpc) is 2.52. The molecule has 0 aliphatic carbocycles. The van der Waals surface area contributed by atoms with Crippen molar-refractivity contribution in [1.29, 1.82) is 0 Å². The third kappa shape index (κ3) is 13.1. The molecule has 0 aliphatic rings. The van der Waals surface area contributed by atoms with Crippen LogP contribution in [0.15, 0.2) is 36.7 Å². The zero-order chi connectivity index (χ0) is 17.9. The number of halogens is 3. The molecule has 2 rings (SSSR count). The minimum Gasteiger partial charge on any atom is -0.243 e. The van der Waals surface area contributed by atoms with E-state index < -0.39 is 8.07 Å². The van der Waals surface area contributed by atoms with Crippen LogP contribution in [0.25, 0.3) is 0 Å². The summed E-state index contributed by atoms with van der Waals surface area (Å²) >= 11 is 13.2. The van der Waals surface area contributed by atoms with Crippen molar-refractivity contribution < 1.29 is 0 Å². The van der Waals surface area contributed by atoms with Gasteiger partial charge in [-0.05, 0) is 46.9 Å². The van der Waals surface area contributed by atoms with Gasteiger partial charge >= 0.3 is 0 Å². The van der Waals surface area contributed by atoms with Crippen LogP contribution in [0.3, 0.4) is 0 Å². The predicted molar refractivity (Wildman–Crippen MR) is 111 cm³/mol. The number of aromatic nitrogens is 2. The van der Waals surface area contributed by atoms with Crippen LogP contribution >= 0.6 is 45.8 Å². The molecule has 6 heteroatoms. The van der Waals surface area contributed by atoms with E-state index in [1.807, 2.05) is 6.07 Å².